The third-order valence-corrected chi connectivity index (χ3v) is 4.20. The number of nitrogens with zero attached hydrogens (tertiary/aromatic N) is 2. The summed E-state index contributed by atoms with van der Waals surface area (Å²) >= 11 is 0. The van der Waals surface area contributed by atoms with Crippen LogP contribution < -0.4 is 10.6 Å². The molecule has 1 saturated heterocycles. The van der Waals surface area contributed by atoms with E-state index in [4.69, 9.17) is 14.7 Å². The van der Waals surface area contributed by atoms with Crippen molar-refractivity contribution in [2.45, 2.75) is 13.3 Å². The van der Waals surface area contributed by atoms with Crippen molar-refractivity contribution in [2.24, 2.45) is 0 Å². The van der Waals surface area contributed by atoms with Crippen LogP contribution in [0.4, 0.5) is 5.69 Å². The fourth-order valence-electron chi connectivity index (χ4n) is 2.73. The van der Waals surface area contributed by atoms with Gasteiger partial charge >= 0.3 is 5.97 Å². The topological polar surface area (TPSA) is 104 Å². The zero-order valence-electron chi connectivity index (χ0n) is 16.1. The zero-order chi connectivity index (χ0) is 20.2. The highest BCUT2D eigenvalue weighted by atomic mass is 16.5. The number of nitrogens with one attached hydrogen (secondary N) is 2. The molecule has 1 amide bonds. The average Bonchev–Trinajstić information content (AvgIpc) is 2.73. The lowest BCUT2D eigenvalue weighted by molar-refractivity contribution is -0.138. The van der Waals surface area contributed by atoms with Gasteiger partial charge in [0.15, 0.2) is 5.57 Å². The van der Waals surface area contributed by atoms with Crippen molar-refractivity contribution in [3.63, 3.8) is 0 Å². The lowest BCUT2D eigenvalue weighted by Gasteiger charge is -2.26. The van der Waals surface area contributed by atoms with Crippen molar-refractivity contribution >= 4 is 17.6 Å². The van der Waals surface area contributed by atoms with E-state index in [1.165, 1.54) is 6.20 Å². The maximum absolute atomic E-state index is 12.5. The summed E-state index contributed by atoms with van der Waals surface area (Å²) in [5.41, 5.74) is 0.777. The van der Waals surface area contributed by atoms with E-state index in [0.717, 1.165) is 39.3 Å². The number of hydrogen-bond donors (Lipinski definition) is 2. The van der Waals surface area contributed by atoms with E-state index in [2.05, 4.69) is 15.5 Å². The van der Waals surface area contributed by atoms with Gasteiger partial charge in [0.25, 0.3) is 5.91 Å². The second-order valence-electron chi connectivity index (χ2n) is 6.14. The van der Waals surface area contributed by atoms with Gasteiger partial charge in [-0.2, -0.15) is 5.26 Å². The van der Waals surface area contributed by atoms with Gasteiger partial charge in [-0.25, -0.2) is 4.79 Å². The number of nitriles is 1. The van der Waals surface area contributed by atoms with Crippen LogP contribution in [0.3, 0.4) is 0 Å². The van der Waals surface area contributed by atoms with Crippen molar-refractivity contribution in [1.29, 1.82) is 5.26 Å². The van der Waals surface area contributed by atoms with Crippen LogP contribution in [0.2, 0.25) is 0 Å². The molecule has 28 heavy (non-hydrogen) atoms. The SMILES string of the molecule is CCOC(=O)/C(C#N)=C/Nc1ccccc1C(=O)NCCCN1CCOCC1. The van der Waals surface area contributed by atoms with Crippen LogP contribution in [0.5, 0.6) is 0 Å². The first kappa shape index (κ1) is 21.4. The highest BCUT2D eigenvalue weighted by Crippen LogP contribution is 2.15. The summed E-state index contributed by atoms with van der Waals surface area (Å²) in [6.45, 7) is 6.69. The number of benzene rings is 1. The molecule has 1 heterocycles. The first-order valence-corrected chi connectivity index (χ1v) is 9.37. The molecule has 1 fully saturated rings. The number of para-hydroxylation sites is 1. The minimum Gasteiger partial charge on any atom is -0.462 e. The minimum atomic E-state index is -0.706. The van der Waals surface area contributed by atoms with Crippen LogP contribution in [-0.4, -0.2) is 62.8 Å². The van der Waals surface area contributed by atoms with E-state index in [1.807, 2.05) is 0 Å². The van der Waals surface area contributed by atoms with Gasteiger partial charge in [0.1, 0.15) is 6.07 Å². The molecule has 0 spiro atoms. The molecule has 1 aliphatic rings. The van der Waals surface area contributed by atoms with E-state index in [9.17, 15) is 9.59 Å². The number of esters is 1. The molecule has 1 aliphatic heterocycles. The lowest BCUT2D eigenvalue weighted by atomic mass is 10.1. The number of amides is 1. The normalized spacial score (nSPS) is 14.8. The van der Waals surface area contributed by atoms with Crippen LogP contribution >= 0.6 is 0 Å². The molecule has 2 rings (SSSR count). The molecule has 8 heteroatoms. The van der Waals surface area contributed by atoms with Crippen LogP contribution in [-0.2, 0) is 14.3 Å². The Hall–Kier alpha value is -2.89. The molecule has 0 aromatic heterocycles. The lowest BCUT2D eigenvalue weighted by Crippen LogP contribution is -2.38. The molecule has 1 aromatic rings. The molecular weight excluding hydrogens is 360 g/mol. The van der Waals surface area contributed by atoms with Gasteiger partial charge in [0, 0.05) is 25.8 Å². The molecule has 150 valence electrons. The number of carbonyl (C=O) groups is 2. The van der Waals surface area contributed by atoms with Gasteiger partial charge in [-0.05, 0) is 32.0 Å². The Labute approximate surface area is 165 Å². The average molecular weight is 386 g/mol. The summed E-state index contributed by atoms with van der Waals surface area (Å²) < 4.78 is 10.1. The second-order valence-corrected chi connectivity index (χ2v) is 6.14. The predicted molar refractivity (Wildman–Crippen MR) is 105 cm³/mol. The first-order valence-electron chi connectivity index (χ1n) is 9.37. The fourth-order valence-corrected chi connectivity index (χ4v) is 2.73. The Morgan fingerprint density at radius 2 is 2.07 bits per heavy atom. The van der Waals surface area contributed by atoms with E-state index in [-0.39, 0.29) is 18.1 Å². The number of hydrogen-bond acceptors (Lipinski definition) is 7. The van der Waals surface area contributed by atoms with Crippen molar-refractivity contribution < 1.29 is 19.1 Å². The van der Waals surface area contributed by atoms with Gasteiger partial charge in [0.2, 0.25) is 0 Å². The summed E-state index contributed by atoms with van der Waals surface area (Å²) in [6, 6.07) is 8.70. The van der Waals surface area contributed by atoms with Gasteiger partial charge in [-0.3, -0.25) is 9.69 Å². The molecule has 0 radical (unpaired) electrons. The van der Waals surface area contributed by atoms with Crippen molar-refractivity contribution in [3.05, 3.63) is 41.6 Å². The summed E-state index contributed by atoms with van der Waals surface area (Å²) in [5, 5.41) is 14.8. The maximum atomic E-state index is 12.5. The van der Waals surface area contributed by atoms with Crippen LogP contribution in [0.15, 0.2) is 36.0 Å². The molecule has 0 unspecified atom stereocenters. The van der Waals surface area contributed by atoms with Crippen molar-refractivity contribution in [2.75, 3.05) is 51.3 Å². The smallest absolute Gasteiger partial charge is 0.350 e. The van der Waals surface area contributed by atoms with Gasteiger partial charge in [-0.15, -0.1) is 0 Å². The Morgan fingerprint density at radius 1 is 1.32 bits per heavy atom. The largest absolute Gasteiger partial charge is 0.462 e. The Morgan fingerprint density at radius 3 is 2.79 bits per heavy atom. The molecular formula is C20H26N4O4. The third-order valence-electron chi connectivity index (χ3n) is 4.20. The summed E-state index contributed by atoms with van der Waals surface area (Å²) in [6.07, 6.45) is 2.10. The second kappa shape index (κ2) is 11.7. The number of anilines is 1. The van der Waals surface area contributed by atoms with Crippen LogP contribution in [0, 0.1) is 11.3 Å². The highest BCUT2D eigenvalue weighted by molar-refractivity contribution is 6.00. The van der Waals surface area contributed by atoms with E-state index in [1.54, 1.807) is 37.3 Å². The van der Waals surface area contributed by atoms with Crippen LogP contribution in [0.25, 0.3) is 0 Å². The molecule has 0 bridgehead atoms. The van der Waals surface area contributed by atoms with Crippen molar-refractivity contribution in [3.8, 4) is 6.07 Å². The summed E-state index contributed by atoms with van der Waals surface area (Å²) in [5.74, 6) is -0.921. The standard InChI is InChI=1S/C20H26N4O4/c1-2-28-20(26)16(14-21)15-23-18-7-4-3-6-17(18)19(25)22-8-5-9-24-10-12-27-13-11-24/h3-4,6-7,15,23H,2,5,8-13H2,1H3,(H,22,25)/b16-15+. The van der Waals surface area contributed by atoms with Crippen LogP contribution in [0.1, 0.15) is 23.7 Å². The molecule has 1 aromatic carbocycles. The van der Waals surface area contributed by atoms with E-state index >= 15 is 0 Å². The fraction of sp³-hybridized carbons (Fsp3) is 0.450. The quantitative estimate of drug-likeness (QED) is 0.287. The zero-order valence-corrected chi connectivity index (χ0v) is 16.1. The minimum absolute atomic E-state index is 0.164. The number of ether oxygens (including phenoxy) is 2. The summed E-state index contributed by atoms with van der Waals surface area (Å²) in [7, 11) is 0. The number of rotatable bonds is 9. The highest BCUT2D eigenvalue weighted by Gasteiger charge is 2.13. The molecule has 8 nitrogen and oxygen atoms in total. The molecule has 0 aliphatic carbocycles. The first-order chi connectivity index (χ1) is 13.7. The molecule has 0 atom stereocenters. The van der Waals surface area contributed by atoms with E-state index < -0.39 is 5.97 Å². The Bertz CT molecular complexity index is 736. The van der Waals surface area contributed by atoms with Crippen molar-refractivity contribution in [1.82, 2.24) is 10.2 Å². The summed E-state index contributed by atoms with van der Waals surface area (Å²) in [4.78, 5) is 26.5. The third kappa shape index (κ3) is 6.68. The van der Waals surface area contributed by atoms with E-state index in [0.29, 0.717) is 17.8 Å². The number of morpholine rings is 1. The molecule has 0 saturated carbocycles. The Kier molecular flexibility index (Phi) is 8.98. The van der Waals surface area contributed by atoms with Gasteiger partial charge in [-0.1, -0.05) is 12.1 Å². The monoisotopic (exact) mass is 386 g/mol. The maximum Gasteiger partial charge on any atom is 0.350 e. The Balaban J connectivity index is 1.90. The predicted octanol–water partition coefficient (Wildman–Crippen LogP) is 1.52. The number of carbonyl (C=O) groups excluding carboxylic acids is 2. The van der Waals surface area contributed by atoms with Gasteiger partial charge in [0.05, 0.1) is 31.1 Å². The van der Waals surface area contributed by atoms with Gasteiger partial charge < -0.3 is 20.1 Å². The molecule has 2 N–H and O–H groups in total.